The normalized spacial score (nSPS) is 10.4. The molecule has 0 aromatic heterocycles. The maximum Gasteiger partial charge on any atom is 0.127 e. The van der Waals surface area contributed by atoms with Crippen molar-refractivity contribution in [1.29, 1.82) is 0 Å². The predicted molar refractivity (Wildman–Crippen MR) is 78.6 cm³/mol. The molecule has 0 unspecified atom stereocenters. The second-order valence-electron chi connectivity index (χ2n) is 4.47. The first-order valence-corrected chi connectivity index (χ1v) is 6.85. The zero-order chi connectivity index (χ0) is 13.5. The van der Waals surface area contributed by atoms with Crippen molar-refractivity contribution in [1.82, 2.24) is 0 Å². The summed E-state index contributed by atoms with van der Waals surface area (Å²) in [6.45, 7) is 2.00. The summed E-state index contributed by atoms with van der Waals surface area (Å²) in [6.07, 6.45) is 1.05. The lowest BCUT2D eigenvalue weighted by Crippen LogP contribution is -2.83. The molecular weight excluding hydrogens is 258 g/mol. The number of benzene rings is 2. The molecule has 100 valence electrons. The highest BCUT2D eigenvalue weighted by Gasteiger charge is 2.03. The molecule has 0 aliphatic rings. The molecule has 0 heterocycles. The van der Waals surface area contributed by atoms with Gasteiger partial charge in [0.2, 0.25) is 0 Å². The van der Waals surface area contributed by atoms with Gasteiger partial charge in [-0.15, -0.1) is 0 Å². The molecule has 2 nitrogen and oxygen atoms in total. The Morgan fingerprint density at radius 2 is 1.79 bits per heavy atom. The van der Waals surface area contributed by atoms with Gasteiger partial charge in [0.05, 0.1) is 13.7 Å². The lowest BCUT2D eigenvalue weighted by molar-refractivity contribution is -0.670. The summed E-state index contributed by atoms with van der Waals surface area (Å²) in [7, 11) is 1.71. The molecule has 0 saturated carbocycles. The van der Waals surface area contributed by atoms with Gasteiger partial charge < -0.3 is 10.1 Å². The van der Waals surface area contributed by atoms with Crippen LogP contribution in [0.25, 0.3) is 0 Å². The third kappa shape index (κ3) is 4.27. The topological polar surface area (TPSA) is 25.8 Å². The average Bonchev–Trinajstić information content (AvgIpc) is 2.46. The molecule has 0 aliphatic carbocycles. The van der Waals surface area contributed by atoms with Crippen molar-refractivity contribution in [2.24, 2.45) is 0 Å². The van der Waals surface area contributed by atoms with Crippen LogP contribution in [-0.2, 0) is 13.0 Å². The number of para-hydroxylation sites is 1. The largest absolute Gasteiger partial charge is 0.496 e. The number of nitrogens with two attached hydrogens (primary N) is 1. The second kappa shape index (κ2) is 7.17. The van der Waals surface area contributed by atoms with Crippen LogP contribution in [0.15, 0.2) is 48.5 Å². The lowest BCUT2D eigenvalue weighted by atomic mass is 10.1. The van der Waals surface area contributed by atoms with Crippen LogP contribution >= 0.6 is 11.6 Å². The summed E-state index contributed by atoms with van der Waals surface area (Å²) >= 11 is 5.86. The van der Waals surface area contributed by atoms with E-state index in [0.717, 1.165) is 30.3 Å². The fourth-order valence-electron chi connectivity index (χ4n) is 2.05. The minimum atomic E-state index is 0.793. The Hall–Kier alpha value is -1.51. The zero-order valence-electron chi connectivity index (χ0n) is 11.1. The predicted octanol–water partition coefficient (Wildman–Crippen LogP) is 2.65. The van der Waals surface area contributed by atoms with E-state index in [2.05, 4.69) is 23.5 Å². The number of methoxy groups -OCH3 is 1. The highest BCUT2D eigenvalue weighted by Crippen LogP contribution is 2.15. The van der Waals surface area contributed by atoms with E-state index in [1.165, 1.54) is 11.1 Å². The van der Waals surface area contributed by atoms with Crippen LogP contribution < -0.4 is 10.1 Å². The molecule has 0 amide bonds. The van der Waals surface area contributed by atoms with Gasteiger partial charge in [0.1, 0.15) is 12.3 Å². The minimum Gasteiger partial charge on any atom is -0.496 e. The molecule has 0 spiro atoms. The molecule has 0 saturated heterocycles. The van der Waals surface area contributed by atoms with Gasteiger partial charge >= 0.3 is 0 Å². The Balaban J connectivity index is 1.79. The van der Waals surface area contributed by atoms with E-state index in [0.29, 0.717) is 0 Å². The Morgan fingerprint density at radius 3 is 2.53 bits per heavy atom. The van der Waals surface area contributed by atoms with Crippen molar-refractivity contribution in [2.45, 2.75) is 13.0 Å². The number of quaternary nitrogens is 1. The van der Waals surface area contributed by atoms with Gasteiger partial charge in [0.25, 0.3) is 0 Å². The van der Waals surface area contributed by atoms with Crippen LogP contribution in [0.5, 0.6) is 5.75 Å². The summed E-state index contributed by atoms with van der Waals surface area (Å²) in [6, 6.07) is 16.2. The molecule has 0 bridgehead atoms. The van der Waals surface area contributed by atoms with Crippen LogP contribution in [0.4, 0.5) is 0 Å². The van der Waals surface area contributed by atoms with Gasteiger partial charge in [0.15, 0.2) is 0 Å². The minimum absolute atomic E-state index is 0.793. The smallest absolute Gasteiger partial charge is 0.127 e. The van der Waals surface area contributed by atoms with Crippen molar-refractivity contribution < 1.29 is 10.1 Å². The Labute approximate surface area is 119 Å². The molecule has 0 aliphatic heterocycles. The summed E-state index contributed by atoms with van der Waals surface area (Å²) in [5.74, 6) is 0.963. The molecule has 0 fully saturated rings. The van der Waals surface area contributed by atoms with Crippen LogP contribution in [0.2, 0.25) is 5.02 Å². The van der Waals surface area contributed by atoms with Crippen molar-refractivity contribution >= 4 is 11.6 Å². The van der Waals surface area contributed by atoms with Crippen LogP contribution in [0.3, 0.4) is 0 Å². The van der Waals surface area contributed by atoms with Crippen molar-refractivity contribution in [3.63, 3.8) is 0 Å². The van der Waals surface area contributed by atoms with Gasteiger partial charge in [-0.25, -0.2) is 0 Å². The molecule has 0 atom stereocenters. The fraction of sp³-hybridized carbons (Fsp3) is 0.250. The highest BCUT2D eigenvalue weighted by atomic mass is 35.5. The van der Waals surface area contributed by atoms with Crippen LogP contribution in [0.1, 0.15) is 11.1 Å². The van der Waals surface area contributed by atoms with Gasteiger partial charge in [0, 0.05) is 17.0 Å². The third-order valence-corrected chi connectivity index (χ3v) is 3.36. The Bertz CT molecular complexity index is 510. The average molecular weight is 277 g/mol. The van der Waals surface area contributed by atoms with Crippen molar-refractivity contribution in [2.75, 3.05) is 13.7 Å². The number of rotatable bonds is 6. The SMILES string of the molecule is COc1ccccc1C[NH2+]CCc1ccc(Cl)cc1. The highest BCUT2D eigenvalue weighted by molar-refractivity contribution is 6.30. The molecule has 19 heavy (non-hydrogen) atoms. The number of hydrogen-bond donors (Lipinski definition) is 1. The Kier molecular flexibility index (Phi) is 5.25. The van der Waals surface area contributed by atoms with Gasteiger partial charge in [-0.3, -0.25) is 0 Å². The van der Waals surface area contributed by atoms with Gasteiger partial charge in [-0.2, -0.15) is 0 Å². The molecule has 2 rings (SSSR count). The van der Waals surface area contributed by atoms with E-state index in [1.54, 1.807) is 7.11 Å². The van der Waals surface area contributed by atoms with Gasteiger partial charge in [-0.1, -0.05) is 35.9 Å². The summed E-state index contributed by atoms with van der Waals surface area (Å²) in [5.41, 5.74) is 2.56. The zero-order valence-corrected chi connectivity index (χ0v) is 11.9. The summed E-state index contributed by atoms with van der Waals surface area (Å²) in [4.78, 5) is 0. The maximum absolute atomic E-state index is 5.86. The first-order valence-electron chi connectivity index (χ1n) is 6.47. The summed E-state index contributed by atoms with van der Waals surface area (Å²) < 4.78 is 5.34. The van der Waals surface area contributed by atoms with E-state index in [1.807, 2.05) is 30.3 Å². The molecule has 2 aromatic rings. The number of hydrogen-bond acceptors (Lipinski definition) is 1. The molecule has 2 aromatic carbocycles. The quantitative estimate of drug-likeness (QED) is 0.807. The van der Waals surface area contributed by atoms with E-state index in [9.17, 15) is 0 Å². The first kappa shape index (κ1) is 13.9. The molecule has 2 N–H and O–H groups in total. The molecular formula is C16H19ClNO+. The van der Waals surface area contributed by atoms with E-state index < -0.39 is 0 Å². The van der Waals surface area contributed by atoms with Crippen LogP contribution in [-0.4, -0.2) is 13.7 Å². The second-order valence-corrected chi connectivity index (χ2v) is 4.91. The lowest BCUT2D eigenvalue weighted by Gasteiger charge is -2.07. The van der Waals surface area contributed by atoms with E-state index >= 15 is 0 Å². The number of ether oxygens (including phenoxy) is 1. The fourth-order valence-corrected chi connectivity index (χ4v) is 2.17. The Morgan fingerprint density at radius 1 is 1.05 bits per heavy atom. The van der Waals surface area contributed by atoms with Crippen LogP contribution in [0, 0.1) is 0 Å². The number of halogens is 1. The van der Waals surface area contributed by atoms with Crippen molar-refractivity contribution in [3.8, 4) is 5.75 Å². The van der Waals surface area contributed by atoms with E-state index in [-0.39, 0.29) is 0 Å². The first-order chi connectivity index (χ1) is 9.29. The monoisotopic (exact) mass is 276 g/mol. The molecule has 3 heteroatoms. The molecule has 0 radical (unpaired) electrons. The van der Waals surface area contributed by atoms with E-state index in [4.69, 9.17) is 16.3 Å². The van der Waals surface area contributed by atoms with Gasteiger partial charge in [-0.05, 0) is 29.8 Å². The standard InChI is InChI=1S/C16H18ClNO/c1-19-16-5-3-2-4-14(16)12-18-11-10-13-6-8-15(17)9-7-13/h2-9,18H,10-12H2,1H3/p+1. The summed E-state index contributed by atoms with van der Waals surface area (Å²) in [5, 5.41) is 3.09. The maximum atomic E-state index is 5.86. The third-order valence-electron chi connectivity index (χ3n) is 3.11. The van der Waals surface area contributed by atoms with Crippen molar-refractivity contribution in [3.05, 3.63) is 64.7 Å².